The van der Waals surface area contributed by atoms with Crippen LogP contribution in [0, 0.1) is 10.7 Å². The molecule has 134 valence electrons. The van der Waals surface area contributed by atoms with Gasteiger partial charge >= 0.3 is 0 Å². The Morgan fingerprint density at radius 3 is 2.96 bits per heavy atom. The van der Waals surface area contributed by atoms with Crippen LogP contribution in [0.4, 0.5) is 0 Å². The van der Waals surface area contributed by atoms with Gasteiger partial charge < -0.3 is 14.6 Å². The van der Waals surface area contributed by atoms with Gasteiger partial charge in [-0.1, -0.05) is 6.92 Å². The van der Waals surface area contributed by atoms with Crippen LogP contribution in [0.2, 0.25) is 0 Å². The van der Waals surface area contributed by atoms with Crippen LogP contribution in [0.3, 0.4) is 0 Å². The smallest absolute Gasteiger partial charge is 0.262 e. The summed E-state index contributed by atoms with van der Waals surface area (Å²) in [5.41, 5.74) is 1.02. The minimum atomic E-state index is -0.165. The van der Waals surface area contributed by atoms with E-state index in [0.29, 0.717) is 40.3 Å². The highest BCUT2D eigenvalue weighted by molar-refractivity contribution is 7.71. The third kappa shape index (κ3) is 3.67. The van der Waals surface area contributed by atoms with Crippen molar-refractivity contribution in [1.29, 1.82) is 0 Å². The average molecular weight is 361 g/mol. The van der Waals surface area contributed by atoms with Crippen molar-refractivity contribution in [3.63, 3.8) is 0 Å². The maximum Gasteiger partial charge on any atom is 0.262 e. The summed E-state index contributed by atoms with van der Waals surface area (Å²) < 4.78 is 6.84. The van der Waals surface area contributed by atoms with Crippen molar-refractivity contribution >= 4 is 29.0 Å². The minimum absolute atomic E-state index is 0.0105. The fourth-order valence-electron chi connectivity index (χ4n) is 3.33. The number of rotatable bonds is 4. The molecule has 1 atom stereocenters. The van der Waals surface area contributed by atoms with E-state index < -0.39 is 0 Å². The lowest BCUT2D eigenvalue weighted by atomic mass is 9.99. The van der Waals surface area contributed by atoms with E-state index in [1.807, 2.05) is 4.90 Å². The Bertz CT molecular complexity index is 903. The van der Waals surface area contributed by atoms with Gasteiger partial charge in [0.05, 0.1) is 24.1 Å². The lowest BCUT2D eigenvalue weighted by Crippen LogP contribution is -2.39. The largest absolute Gasteiger partial charge is 0.383 e. The highest BCUT2D eigenvalue weighted by Crippen LogP contribution is 2.19. The number of fused-ring (bicyclic) bond motifs is 1. The second kappa shape index (κ2) is 7.49. The molecule has 0 radical (unpaired) electrons. The number of amides is 1. The summed E-state index contributed by atoms with van der Waals surface area (Å²) in [6, 6.07) is 5.16. The molecule has 0 spiro atoms. The highest BCUT2D eigenvalue weighted by Gasteiger charge is 2.22. The van der Waals surface area contributed by atoms with E-state index in [1.54, 1.807) is 25.3 Å². The van der Waals surface area contributed by atoms with Crippen LogP contribution in [-0.2, 0) is 11.3 Å². The second-order valence-electron chi connectivity index (χ2n) is 6.64. The van der Waals surface area contributed by atoms with Crippen LogP contribution in [0.15, 0.2) is 23.0 Å². The number of methoxy groups -OCH3 is 1. The molecule has 2 heterocycles. The van der Waals surface area contributed by atoms with Crippen LogP contribution in [0.25, 0.3) is 10.9 Å². The van der Waals surface area contributed by atoms with Gasteiger partial charge in [-0.15, -0.1) is 0 Å². The molecule has 1 aromatic heterocycles. The predicted octanol–water partition coefficient (Wildman–Crippen LogP) is 2.58. The Kier molecular flexibility index (Phi) is 5.34. The molecular weight excluding hydrogens is 338 g/mol. The van der Waals surface area contributed by atoms with Crippen molar-refractivity contribution in [3.05, 3.63) is 38.9 Å². The van der Waals surface area contributed by atoms with Gasteiger partial charge in [0.25, 0.3) is 11.5 Å². The summed E-state index contributed by atoms with van der Waals surface area (Å²) in [5.74, 6) is 0.535. The van der Waals surface area contributed by atoms with E-state index in [1.165, 1.54) is 4.57 Å². The Balaban J connectivity index is 1.96. The van der Waals surface area contributed by atoms with Crippen LogP contribution < -0.4 is 5.56 Å². The maximum absolute atomic E-state index is 12.8. The standard InChI is InChI=1S/C18H23N3O3S/c1-12-4-3-7-20(11-12)16(22)13-5-6-14-15(10-13)19-18(25)21(17(14)23)8-9-24-2/h5-6,10,12H,3-4,7-9,11H2,1-2H3,(H,19,25)/t12-/m1/s1. The number of H-pyrrole nitrogens is 1. The van der Waals surface area contributed by atoms with Gasteiger partial charge in [-0.3, -0.25) is 14.2 Å². The van der Waals surface area contributed by atoms with Crippen molar-refractivity contribution in [2.45, 2.75) is 26.3 Å². The number of carbonyl (C=O) groups is 1. The SMILES string of the molecule is COCCn1c(=S)[nH]c2cc(C(=O)N3CCC[C@@H](C)C3)ccc2c1=O. The molecule has 1 aromatic carbocycles. The first-order chi connectivity index (χ1) is 12.0. The molecule has 1 amide bonds. The van der Waals surface area contributed by atoms with E-state index in [-0.39, 0.29) is 11.5 Å². The van der Waals surface area contributed by atoms with E-state index in [0.717, 1.165) is 25.9 Å². The van der Waals surface area contributed by atoms with Crippen molar-refractivity contribution < 1.29 is 9.53 Å². The lowest BCUT2D eigenvalue weighted by Gasteiger charge is -2.31. The van der Waals surface area contributed by atoms with E-state index in [2.05, 4.69) is 11.9 Å². The van der Waals surface area contributed by atoms with Gasteiger partial charge in [0.1, 0.15) is 0 Å². The summed E-state index contributed by atoms with van der Waals surface area (Å²) in [7, 11) is 1.58. The van der Waals surface area contributed by atoms with E-state index in [9.17, 15) is 9.59 Å². The van der Waals surface area contributed by atoms with Gasteiger partial charge in [0, 0.05) is 25.8 Å². The van der Waals surface area contributed by atoms with Crippen molar-refractivity contribution in [2.75, 3.05) is 26.8 Å². The molecule has 25 heavy (non-hydrogen) atoms. The zero-order chi connectivity index (χ0) is 18.0. The van der Waals surface area contributed by atoms with Crippen molar-refractivity contribution in [3.8, 4) is 0 Å². The fourth-order valence-corrected chi connectivity index (χ4v) is 3.61. The number of nitrogens with zero attached hydrogens (tertiary/aromatic N) is 2. The molecule has 3 rings (SSSR count). The quantitative estimate of drug-likeness (QED) is 0.850. The number of hydrogen-bond donors (Lipinski definition) is 1. The monoisotopic (exact) mass is 361 g/mol. The fraction of sp³-hybridized carbons (Fsp3) is 0.500. The summed E-state index contributed by atoms with van der Waals surface area (Å²) in [6.45, 7) is 4.54. The number of nitrogens with one attached hydrogen (secondary N) is 1. The van der Waals surface area contributed by atoms with E-state index >= 15 is 0 Å². The number of aromatic nitrogens is 2. The molecular formula is C18H23N3O3S. The van der Waals surface area contributed by atoms with Crippen LogP contribution in [-0.4, -0.2) is 47.2 Å². The average Bonchev–Trinajstić information content (AvgIpc) is 2.60. The Hall–Kier alpha value is -1.99. The summed E-state index contributed by atoms with van der Waals surface area (Å²) in [5, 5.41) is 0.522. The predicted molar refractivity (Wildman–Crippen MR) is 99.6 cm³/mol. The molecule has 1 N–H and O–H groups in total. The molecule has 2 aromatic rings. The maximum atomic E-state index is 12.8. The Morgan fingerprint density at radius 2 is 2.24 bits per heavy atom. The Labute approximate surface area is 151 Å². The van der Waals surface area contributed by atoms with Crippen molar-refractivity contribution in [2.24, 2.45) is 5.92 Å². The number of piperidine rings is 1. The first kappa shape index (κ1) is 17.8. The molecule has 0 bridgehead atoms. The van der Waals surface area contributed by atoms with Crippen LogP contribution >= 0.6 is 12.2 Å². The molecule has 6 nitrogen and oxygen atoms in total. The molecule has 0 unspecified atom stereocenters. The van der Waals surface area contributed by atoms with Gasteiger partial charge in [0.2, 0.25) is 0 Å². The number of benzene rings is 1. The normalized spacial score (nSPS) is 17.8. The molecule has 1 aliphatic rings. The summed E-state index contributed by atoms with van der Waals surface area (Å²) in [4.78, 5) is 30.3. The zero-order valence-corrected chi connectivity index (χ0v) is 15.4. The topological polar surface area (TPSA) is 67.3 Å². The molecule has 1 fully saturated rings. The third-order valence-corrected chi connectivity index (χ3v) is 5.01. The zero-order valence-electron chi connectivity index (χ0n) is 14.6. The molecule has 1 saturated heterocycles. The number of hydrogen-bond acceptors (Lipinski definition) is 4. The summed E-state index contributed by atoms with van der Waals surface area (Å²) >= 11 is 5.29. The molecule has 7 heteroatoms. The lowest BCUT2D eigenvalue weighted by molar-refractivity contribution is 0.0683. The van der Waals surface area contributed by atoms with Crippen LogP contribution in [0.5, 0.6) is 0 Å². The highest BCUT2D eigenvalue weighted by atomic mass is 32.1. The second-order valence-corrected chi connectivity index (χ2v) is 7.03. The Morgan fingerprint density at radius 1 is 1.44 bits per heavy atom. The molecule has 0 aliphatic carbocycles. The summed E-state index contributed by atoms with van der Waals surface area (Å²) in [6.07, 6.45) is 2.20. The van der Waals surface area contributed by atoms with Gasteiger partial charge in [-0.25, -0.2) is 0 Å². The van der Waals surface area contributed by atoms with Crippen molar-refractivity contribution in [1.82, 2.24) is 14.5 Å². The number of ether oxygens (including phenoxy) is 1. The molecule has 1 aliphatic heterocycles. The van der Waals surface area contributed by atoms with Gasteiger partial charge in [0.15, 0.2) is 4.77 Å². The number of carbonyl (C=O) groups excluding carboxylic acids is 1. The first-order valence-electron chi connectivity index (χ1n) is 8.56. The van der Waals surface area contributed by atoms with E-state index in [4.69, 9.17) is 17.0 Å². The number of aromatic amines is 1. The third-order valence-electron chi connectivity index (χ3n) is 4.69. The first-order valence-corrected chi connectivity index (χ1v) is 8.97. The number of likely N-dealkylation sites (tertiary alicyclic amines) is 1. The molecule has 0 saturated carbocycles. The van der Waals surface area contributed by atoms with Crippen LogP contribution in [0.1, 0.15) is 30.1 Å². The van der Waals surface area contributed by atoms with Gasteiger partial charge in [-0.2, -0.15) is 0 Å². The van der Waals surface area contributed by atoms with Gasteiger partial charge in [-0.05, 0) is 49.2 Å². The minimum Gasteiger partial charge on any atom is -0.383 e.